The Morgan fingerprint density at radius 3 is 2.53 bits per heavy atom. The van der Waals surface area contributed by atoms with Crippen molar-refractivity contribution in [2.75, 3.05) is 31.6 Å². The third kappa shape index (κ3) is 6.23. The molecule has 1 fully saturated rings. The Balaban J connectivity index is 0.000000945. The molecule has 2 aromatic rings. The number of pyridine rings is 1. The van der Waals surface area contributed by atoms with Crippen molar-refractivity contribution in [3.8, 4) is 0 Å². The maximum absolute atomic E-state index is 14.7. The molecule has 1 saturated heterocycles. The molecule has 0 bridgehead atoms. The predicted molar refractivity (Wildman–Crippen MR) is 129 cm³/mol. The van der Waals surface area contributed by atoms with E-state index in [4.69, 9.17) is 21.1 Å². The SMILES string of the molecule is CC1CN(c2c([N+](=O)[O-])cnc3c(F)c(Br)c(Cl)cc23)CCN1C(=O)OC(C)(C)C.COC=O. The molecule has 1 aliphatic rings. The number of piperazine rings is 1. The molecule has 0 spiro atoms. The van der Waals surface area contributed by atoms with Gasteiger partial charge in [-0.05, 0) is 49.7 Å². The number of halogens is 3. The van der Waals surface area contributed by atoms with E-state index in [0.29, 0.717) is 26.1 Å². The molecule has 13 heteroatoms. The number of methoxy groups -OCH3 is 1. The molecule has 0 saturated carbocycles. The summed E-state index contributed by atoms with van der Waals surface area (Å²) in [5, 5.41) is 12.0. The van der Waals surface area contributed by atoms with Crippen LogP contribution in [0.4, 0.5) is 20.6 Å². The number of nitro groups is 1. The number of ether oxygens (including phenoxy) is 2. The van der Waals surface area contributed by atoms with Crippen molar-refractivity contribution in [1.29, 1.82) is 0 Å². The minimum atomic E-state index is -0.686. The molecule has 1 atom stereocenters. The average Bonchev–Trinajstić information content (AvgIpc) is 2.75. The zero-order valence-electron chi connectivity index (χ0n) is 19.3. The molecule has 0 N–H and O–H groups in total. The largest absolute Gasteiger partial charge is 0.471 e. The number of hydrogen-bond acceptors (Lipinski definition) is 8. The molecular weight excluding hydrogens is 539 g/mol. The van der Waals surface area contributed by atoms with E-state index >= 15 is 0 Å². The van der Waals surface area contributed by atoms with Gasteiger partial charge < -0.3 is 19.3 Å². The van der Waals surface area contributed by atoms with E-state index < -0.39 is 22.4 Å². The molecule has 0 aliphatic carbocycles. The topological polar surface area (TPSA) is 115 Å². The fourth-order valence-corrected chi connectivity index (χ4v) is 3.93. The van der Waals surface area contributed by atoms with E-state index in [0.717, 1.165) is 6.20 Å². The third-order valence-electron chi connectivity index (χ3n) is 4.81. The number of anilines is 1. The van der Waals surface area contributed by atoms with Crippen molar-refractivity contribution in [3.63, 3.8) is 0 Å². The number of carbonyl (C=O) groups excluding carboxylic acids is 2. The van der Waals surface area contributed by atoms with Crippen LogP contribution in [0.25, 0.3) is 10.9 Å². The molecule has 1 aliphatic heterocycles. The summed E-state index contributed by atoms with van der Waals surface area (Å²) in [4.78, 5) is 39.8. The Bertz CT molecular complexity index is 1100. The van der Waals surface area contributed by atoms with Crippen LogP contribution in [0.3, 0.4) is 0 Å². The summed E-state index contributed by atoms with van der Waals surface area (Å²) >= 11 is 9.19. The highest BCUT2D eigenvalue weighted by Crippen LogP contribution is 2.41. The van der Waals surface area contributed by atoms with E-state index in [9.17, 15) is 19.3 Å². The molecule has 34 heavy (non-hydrogen) atoms. The smallest absolute Gasteiger partial charge is 0.410 e. The van der Waals surface area contributed by atoms with Gasteiger partial charge in [0.2, 0.25) is 0 Å². The van der Waals surface area contributed by atoms with Crippen molar-refractivity contribution in [3.05, 3.63) is 37.7 Å². The predicted octanol–water partition coefficient (Wildman–Crippen LogP) is 4.93. The molecule has 10 nitrogen and oxygen atoms in total. The van der Waals surface area contributed by atoms with Crippen LogP contribution in [-0.4, -0.2) is 65.8 Å². The molecule has 1 aromatic heterocycles. The van der Waals surface area contributed by atoms with Crippen LogP contribution in [0, 0.1) is 15.9 Å². The number of rotatable bonds is 3. The fraction of sp³-hybridized carbons (Fsp3) is 0.476. The van der Waals surface area contributed by atoms with Crippen LogP contribution in [0.15, 0.2) is 16.7 Å². The Kier molecular flexibility index (Phi) is 9.01. The van der Waals surface area contributed by atoms with E-state index in [1.165, 1.54) is 13.2 Å². The van der Waals surface area contributed by atoms with Gasteiger partial charge >= 0.3 is 11.8 Å². The summed E-state index contributed by atoms with van der Waals surface area (Å²) in [6.45, 7) is 8.46. The lowest BCUT2D eigenvalue weighted by Crippen LogP contribution is -2.55. The number of carbonyl (C=O) groups is 2. The van der Waals surface area contributed by atoms with Gasteiger partial charge in [0.15, 0.2) is 5.82 Å². The Morgan fingerprint density at radius 2 is 2.03 bits per heavy atom. The number of fused-ring (bicyclic) bond motifs is 1. The first-order valence-electron chi connectivity index (χ1n) is 10.1. The zero-order valence-corrected chi connectivity index (χ0v) is 21.6. The Morgan fingerprint density at radius 1 is 1.41 bits per heavy atom. The highest BCUT2D eigenvalue weighted by Gasteiger charge is 2.34. The van der Waals surface area contributed by atoms with Gasteiger partial charge in [0.05, 0.1) is 21.5 Å². The van der Waals surface area contributed by atoms with Crippen molar-refractivity contribution in [1.82, 2.24) is 9.88 Å². The number of benzene rings is 1. The standard InChI is InChI=1S/C19H21BrClFN4O4.C2H4O2/c1-10-9-24(5-6-25(10)18(27)30-19(2,3)4)17-11-7-12(21)14(20)15(22)16(11)23-8-13(17)26(28)29;1-4-2-3/h7-8,10H,5-6,9H2,1-4H3;2H,1H3. The second-order valence-corrected chi connectivity index (χ2v) is 9.63. The van der Waals surface area contributed by atoms with Crippen LogP contribution >= 0.6 is 27.5 Å². The van der Waals surface area contributed by atoms with Gasteiger partial charge in [-0.3, -0.25) is 14.9 Å². The second kappa shape index (κ2) is 11.1. The summed E-state index contributed by atoms with van der Waals surface area (Å²) in [6, 6.07) is 1.18. The quantitative estimate of drug-likeness (QED) is 0.223. The van der Waals surface area contributed by atoms with Gasteiger partial charge in [0.25, 0.3) is 6.47 Å². The first-order valence-corrected chi connectivity index (χ1v) is 11.3. The Labute approximate surface area is 209 Å². The molecule has 0 radical (unpaired) electrons. The van der Waals surface area contributed by atoms with E-state index in [2.05, 4.69) is 25.7 Å². The summed E-state index contributed by atoms with van der Waals surface area (Å²) in [7, 11) is 1.31. The van der Waals surface area contributed by atoms with Gasteiger partial charge in [0, 0.05) is 31.1 Å². The van der Waals surface area contributed by atoms with Gasteiger partial charge in [-0.25, -0.2) is 14.2 Å². The molecule has 1 aromatic carbocycles. The summed E-state index contributed by atoms with van der Waals surface area (Å²) in [5.74, 6) is -0.686. The van der Waals surface area contributed by atoms with Crippen LogP contribution in [0.1, 0.15) is 27.7 Å². The van der Waals surface area contributed by atoms with E-state index in [1.807, 2.05) is 6.92 Å². The number of nitrogens with zero attached hydrogens (tertiary/aromatic N) is 4. The van der Waals surface area contributed by atoms with Crippen LogP contribution < -0.4 is 4.90 Å². The third-order valence-corrected chi connectivity index (χ3v) is 6.12. The monoisotopic (exact) mass is 562 g/mol. The van der Waals surface area contributed by atoms with Crippen molar-refractivity contribution in [2.45, 2.75) is 39.3 Å². The first-order chi connectivity index (χ1) is 15.8. The lowest BCUT2D eigenvalue weighted by molar-refractivity contribution is -0.384. The van der Waals surface area contributed by atoms with Gasteiger partial charge in [-0.1, -0.05) is 11.6 Å². The summed E-state index contributed by atoms with van der Waals surface area (Å²) in [6.07, 6.45) is 0.605. The summed E-state index contributed by atoms with van der Waals surface area (Å²) in [5.41, 5.74) is -0.670. The van der Waals surface area contributed by atoms with Crippen molar-refractivity contribution < 1.29 is 28.4 Å². The molecule has 186 valence electrons. The average molecular weight is 564 g/mol. The number of amides is 1. The second-order valence-electron chi connectivity index (χ2n) is 8.43. The number of aromatic nitrogens is 1. The van der Waals surface area contributed by atoms with Crippen molar-refractivity contribution in [2.24, 2.45) is 0 Å². The maximum atomic E-state index is 14.7. The van der Waals surface area contributed by atoms with E-state index in [-0.39, 0.29) is 37.8 Å². The van der Waals surface area contributed by atoms with Crippen LogP contribution in [0.2, 0.25) is 5.02 Å². The van der Waals surface area contributed by atoms with Crippen LogP contribution in [0.5, 0.6) is 0 Å². The van der Waals surface area contributed by atoms with Gasteiger partial charge in [0.1, 0.15) is 23.0 Å². The molecule has 3 rings (SSSR count). The normalized spacial score (nSPS) is 15.9. The van der Waals surface area contributed by atoms with E-state index in [1.54, 1.807) is 30.6 Å². The number of hydrogen-bond donors (Lipinski definition) is 0. The summed E-state index contributed by atoms with van der Waals surface area (Å²) < 4.78 is 24.0. The lowest BCUT2D eigenvalue weighted by Gasteiger charge is -2.41. The molecule has 2 heterocycles. The highest BCUT2D eigenvalue weighted by molar-refractivity contribution is 9.10. The minimum absolute atomic E-state index is 0.0194. The fourth-order valence-electron chi connectivity index (χ4n) is 3.44. The lowest BCUT2D eigenvalue weighted by atomic mass is 10.1. The zero-order chi connectivity index (χ0) is 25.8. The Hall–Kier alpha value is -2.73. The molecule has 1 amide bonds. The van der Waals surface area contributed by atoms with Gasteiger partial charge in [-0.2, -0.15) is 0 Å². The molecular formula is C21H25BrClFN4O6. The van der Waals surface area contributed by atoms with Gasteiger partial charge in [-0.15, -0.1) is 0 Å². The minimum Gasteiger partial charge on any atom is -0.471 e. The maximum Gasteiger partial charge on any atom is 0.410 e. The molecule has 1 unspecified atom stereocenters. The first kappa shape index (κ1) is 27.5. The van der Waals surface area contributed by atoms with Crippen LogP contribution in [-0.2, 0) is 14.3 Å². The van der Waals surface area contributed by atoms with Crippen molar-refractivity contribution >= 4 is 62.4 Å². The highest BCUT2D eigenvalue weighted by atomic mass is 79.9.